The van der Waals surface area contributed by atoms with Crippen LogP contribution in [-0.2, 0) is 13.1 Å². The van der Waals surface area contributed by atoms with Crippen LogP contribution in [0.4, 0.5) is 5.69 Å². The van der Waals surface area contributed by atoms with E-state index in [1.807, 2.05) is 54.6 Å². The molecule has 0 amide bonds. The summed E-state index contributed by atoms with van der Waals surface area (Å²) in [5.74, 6) is 1.90. The SMILES string of the molecule is CN(C)Cc1cccc(CN=C(N)Nc2cccc(Oc3ccccc3)c2)c1. The Morgan fingerprint density at radius 2 is 1.61 bits per heavy atom. The number of para-hydroxylation sites is 1. The zero-order valence-corrected chi connectivity index (χ0v) is 16.3. The number of ether oxygens (including phenoxy) is 1. The van der Waals surface area contributed by atoms with Gasteiger partial charge in [0.05, 0.1) is 6.54 Å². The van der Waals surface area contributed by atoms with E-state index in [4.69, 9.17) is 10.5 Å². The van der Waals surface area contributed by atoms with Crippen molar-refractivity contribution in [3.63, 3.8) is 0 Å². The first-order valence-electron chi connectivity index (χ1n) is 9.21. The maximum atomic E-state index is 6.06. The molecule has 0 unspecified atom stereocenters. The van der Waals surface area contributed by atoms with Gasteiger partial charge in [-0.05, 0) is 49.5 Å². The molecule has 0 spiro atoms. The Morgan fingerprint density at radius 3 is 2.39 bits per heavy atom. The Kier molecular flexibility index (Phi) is 6.65. The van der Waals surface area contributed by atoms with Crippen molar-refractivity contribution in [3.8, 4) is 11.5 Å². The van der Waals surface area contributed by atoms with Crippen LogP contribution >= 0.6 is 0 Å². The number of guanidine groups is 1. The van der Waals surface area contributed by atoms with E-state index >= 15 is 0 Å². The highest BCUT2D eigenvalue weighted by Gasteiger charge is 2.01. The van der Waals surface area contributed by atoms with Crippen LogP contribution < -0.4 is 15.8 Å². The third-order valence-corrected chi connectivity index (χ3v) is 4.01. The molecule has 3 N–H and O–H groups in total. The Labute approximate surface area is 166 Å². The zero-order chi connectivity index (χ0) is 19.8. The van der Waals surface area contributed by atoms with Gasteiger partial charge in [-0.25, -0.2) is 4.99 Å². The minimum atomic E-state index is 0.370. The predicted octanol–water partition coefficient (Wildman–Crippen LogP) is 4.47. The van der Waals surface area contributed by atoms with Crippen molar-refractivity contribution in [2.24, 2.45) is 10.7 Å². The molecule has 3 aromatic carbocycles. The van der Waals surface area contributed by atoms with Crippen molar-refractivity contribution in [2.45, 2.75) is 13.1 Å². The molecule has 0 saturated heterocycles. The summed E-state index contributed by atoms with van der Waals surface area (Å²) < 4.78 is 5.85. The predicted molar refractivity (Wildman–Crippen MR) is 116 cm³/mol. The number of benzene rings is 3. The number of hydrogen-bond acceptors (Lipinski definition) is 3. The second kappa shape index (κ2) is 9.58. The van der Waals surface area contributed by atoms with Crippen molar-refractivity contribution in [2.75, 3.05) is 19.4 Å². The lowest BCUT2D eigenvalue weighted by atomic mass is 10.1. The first-order chi connectivity index (χ1) is 13.6. The first kappa shape index (κ1) is 19.5. The van der Waals surface area contributed by atoms with Gasteiger partial charge in [-0.15, -0.1) is 0 Å². The molecule has 0 atom stereocenters. The quantitative estimate of drug-likeness (QED) is 0.473. The Balaban J connectivity index is 1.61. The molecule has 0 fully saturated rings. The molecule has 3 aromatic rings. The maximum absolute atomic E-state index is 6.06. The second-order valence-electron chi connectivity index (χ2n) is 6.83. The van der Waals surface area contributed by atoms with Crippen molar-refractivity contribution in [3.05, 3.63) is 90.0 Å². The van der Waals surface area contributed by atoms with E-state index in [0.29, 0.717) is 12.5 Å². The number of nitrogens with zero attached hydrogens (tertiary/aromatic N) is 2. The number of nitrogens with one attached hydrogen (secondary N) is 1. The van der Waals surface area contributed by atoms with Crippen LogP contribution in [0.2, 0.25) is 0 Å². The molecule has 0 aliphatic heterocycles. The lowest BCUT2D eigenvalue weighted by Crippen LogP contribution is -2.22. The van der Waals surface area contributed by atoms with E-state index in [1.165, 1.54) is 5.56 Å². The summed E-state index contributed by atoms with van der Waals surface area (Å²) in [7, 11) is 4.12. The van der Waals surface area contributed by atoms with Gasteiger partial charge in [0.1, 0.15) is 11.5 Å². The van der Waals surface area contributed by atoms with Crippen LogP contribution in [0, 0.1) is 0 Å². The molecule has 0 aromatic heterocycles. The maximum Gasteiger partial charge on any atom is 0.193 e. The minimum Gasteiger partial charge on any atom is -0.457 e. The number of anilines is 1. The van der Waals surface area contributed by atoms with Gasteiger partial charge in [0.2, 0.25) is 0 Å². The Bertz CT molecular complexity index is 923. The molecule has 3 rings (SSSR count). The van der Waals surface area contributed by atoms with Crippen LogP contribution in [0.5, 0.6) is 11.5 Å². The Morgan fingerprint density at radius 1 is 0.893 bits per heavy atom. The molecule has 0 saturated carbocycles. The highest BCUT2D eigenvalue weighted by Crippen LogP contribution is 2.23. The van der Waals surface area contributed by atoms with Gasteiger partial charge in [0, 0.05) is 18.3 Å². The van der Waals surface area contributed by atoms with Crippen LogP contribution in [0.25, 0.3) is 0 Å². The molecule has 5 nitrogen and oxygen atoms in total. The lowest BCUT2D eigenvalue weighted by molar-refractivity contribution is 0.402. The van der Waals surface area contributed by atoms with Crippen LogP contribution in [0.1, 0.15) is 11.1 Å². The minimum absolute atomic E-state index is 0.370. The molecule has 0 bridgehead atoms. The average molecular weight is 374 g/mol. The first-order valence-corrected chi connectivity index (χ1v) is 9.21. The van der Waals surface area contributed by atoms with Crippen molar-refractivity contribution in [1.29, 1.82) is 0 Å². The molecule has 0 heterocycles. The summed E-state index contributed by atoms with van der Waals surface area (Å²) in [6.07, 6.45) is 0. The largest absolute Gasteiger partial charge is 0.457 e. The van der Waals surface area contributed by atoms with Crippen LogP contribution in [0.15, 0.2) is 83.9 Å². The van der Waals surface area contributed by atoms with Gasteiger partial charge in [0.25, 0.3) is 0 Å². The fraction of sp³-hybridized carbons (Fsp3) is 0.174. The molecule has 144 valence electrons. The van der Waals surface area contributed by atoms with E-state index in [9.17, 15) is 0 Å². The van der Waals surface area contributed by atoms with E-state index in [2.05, 4.69) is 53.6 Å². The summed E-state index contributed by atoms with van der Waals surface area (Å²) in [4.78, 5) is 6.59. The summed E-state index contributed by atoms with van der Waals surface area (Å²) in [5, 5.41) is 3.12. The van der Waals surface area contributed by atoms with Gasteiger partial charge in [-0.2, -0.15) is 0 Å². The smallest absolute Gasteiger partial charge is 0.193 e. The van der Waals surface area contributed by atoms with Crippen LogP contribution in [-0.4, -0.2) is 25.0 Å². The highest BCUT2D eigenvalue weighted by atomic mass is 16.5. The standard InChI is InChI=1S/C23H26N4O/c1-27(2)17-19-9-6-8-18(14-19)16-25-23(24)26-20-10-7-13-22(15-20)28-21-11-4-3-5-12-21/h3-15H,16-17H2,1-2H3,(H3,24,25,26). The van der Waals surface area contributed by atoms with Gasteiger partial charge in [-0.1, -0.05) is 48.5 Å². The fourth-order valence-electron chi connectivity index (χ4n) is 2.82. The van der Waals surface area contributed by atoms with E-state index in [0.717, 1.165) is 29.3 Å². The van der Waals surface area contributed by atoms with Crippen molar-refractivity contribution < 1.29 is 4.74 Å². The van der Waals surface area contributed by atoms with Gasteiger partial charge < -0.3 is 20.7 Å². The molecule has 5 heteroatoms. The van der Waals surface area contributed by atoms with E-state index in [-0.39, 0.29) is 0 Å². The topological polar surface area (TPSA) is 62.9 Å². The molecular formula is C23H26N4O. The highest BCUT2D eigenvalue weighted by molar-refractivity contribution is 5.92. The van der Waals surface area contributed by atoms with E-state index < -0.39 is 0 Å². The number of nitrogens with two attached hydrogens (primary N) is 1. The molecule has 0 aliphatic rings. The molecular weight excluding hydrogens is 348 g/mol. The van der Waals surface area contributed by atoms with Gasteiger partial charge in [0.15, 0.2) is 5.96 Å². The Hall–Kier alpha value is -3.31. The molecule has 28 heavy (non-hydrogen) atoms. The van der Waals surface area contributed by atoms with Crippen LogP contribution in [0.3, 0.4) is 0 Å². The lowest BCUT2D eigenvalue weighted by Gasteiger charge is -2.11. The van der Waals surface area contributed by atoms with Gasteiger partial charge >= 0.3 is 0 Å². The molecule has 0 radical (unpaired) electrons. The fourth-order valence-corrected chi connectivity index (χ4v) is 2.82. The third-order valence-electron chi connectivity index (χ3n) is 4.01. The molecule has 0 aliphatic carbocycles. The summed E-state index contributed by atoms with van der Waals surface area (Å²) >= 11 is 0. The number of hydrogen-bond donors (Lipinski definition) is 2. The third kappa shape index (κ3) is 6.14. The summed E-state index contributed by atoms with van der Waals surface area (Å²) in [5.41, 5.74) is 9.28. The number of aliphatic imine (C=N–C) groups is 1. The average Bonchev–Trinajstić information content (AvgIpc) is 2.67. The normalized spacial score (nSPS) is 11.5. The zero-order valence-electron chi connectivity index (χ0n) is 16.3. The van der Waals surface area contributed by atoms with Crippen molar-refractivity contribution >= 4 is 11.6 Å². The van der Waals surface area contributed by atoms with Crippen molar-refractivity contribution in [1.82, 2.24) is 4.90 Å². The summed E-state index contributed by atoms with van der Waals surface area (Å²) in [6, 6.07) is 25.7. The van der Waals surface area contributed by atoms with E-state index in [1.54, 1.807) is 0 Å². The second-order valence-corrected chi connectivity index (χ2v) is 6.83. The monoisotopic (exact) mass is 374 g/mol. The van der Waals surface area contributed by atoms with Gasteiger partial charge in [-0.3, -0.25) is 0 Å². The number of rotatable bonds is 7. The summed E-state index contributed by atoms with van der Waals surface area (Å²) in [6.45, 7) is 1.43.